The van der Waals surface area contributed by atoms with Crippen LogP contribution in [0.15, 0.2) is 42.5 Å². The number of hydrogen-bond donors (Lipinski definition) is 2. The molecule has 0 saturated heterocycles. The molecule has 1 aliphatic heterocycles. The summed E-state index contributed by atoms with van der Waals surface area (Å²) in [7, 11) is 0. The maximum atomic E-state index is 14.5. The van der Waals surface area contributed by atoms with Gasteiger partial charge in [0.15, 0.2) is 5.82 Å². The van der Waals surface area contributed by atoms with E-state index in [1.54, 1.807) is 30.3 Å². The molecule has 2 heterocycles. The van der Waals surface area contributed by atoms with Crippen molar-refractivity contribution in [3.05, 3.63) is 59.7 Å². The number of nitrogens with two attached hydrogens (primary N) is 1. The first-order valence-corrected chi connectivity index (χ1v) is 9.01. The lowest BCUT2D eigenvalue weighted by atomic mass is 10.1. The highest BCUT2D eigenvalue weighted by Gasteiger charge is 2.19. The Balaban J connectivity index is 1.66. The summed E-state index contributed by atoms with van der Waals surface area (Å²) in [6.45, 7) is 0.772. The number of carbonyl (C=O) groups is 1. The van der Waals surface area contributed by atoms with Crippen LogP contribution >= 0.6 is 0 Å². The van der Waals surface area contributed by atoms with E-state index in [1.165, 1.54) is 12.1 Å². The highest BCUT2D eigenvalue weighted by atomic mass is 19.1. The lowest BCUT2D eigenvalue weighted by molar-refractivity contribution is 0.102. The molecule has 2 aromatic carbocycles. The molecule has 3 aromatic rings. The average molecular weight is 365 g/mol. The first-order chi connectivity index (χ1) is 13.1. The second kappa shape index (κ2) is 7.19. The Kier molecular flexibility index (Phi) is 4.58. The molecule has 7 heteroatoms. The molecule has 0 aliphatic carbocycles. The number of nitrogens with one attached hydrogen (secondary N) is 1. The third-order valence-electron chi connectivity index (χ3n) is 4.78. The van der Waals surface area contributed by atoms with E-state index in [4.69, 9.17) is 5.73 Å². The van der Waals surface area contributed by atoms with Crippen molar-refractivity contribution in [1.82, 2.24) is 14.8 Å². The van der Waals surface area contributed by atoms with E-state index in [9.17, 15) is 9.18 Å². The fourth-order valence-electron chi connectivity index (χ4n) is 3.36. The minimum absolute atomic E-state index is 0.328. The van der Waals surface area contributed by atoms with E-state index in [0.717, 1.165) is 38.1 Å². The van der Waals surface area contributed by atoms with Crippen LogP contribution in [0.4, 0.5) is 15.8 Å². The van der Waals surface area contributed by atoms with E-state index in [-0.39, 0.29) is 5.91 Å². The van der Waals surface area contributed by atoms with Crippen molar-refractivity contribution in [1.29, 1.82) is 0 Å². The molecule has 1 aliphatic rings. The SMILES string of the molecule is Nc1ccccc1C(=O)Nc1ccc(F)c(-c2nnc3n2CCCCC3)c1. The Morgan fingerprint density at radius 1 is 1.11 bits per heavy atom. The Labute approximate surface area is 156 Å². The third kappa shape index (κ3) is 3.40. The van der Waals surface area contributed by atoms with E-state index in [1.807, 2.05) is 4.57 Å². The zero-order valence-electron chi connectivity index (χ0n) is 14.8. The number of fused-ring (bicyclic) bond motifs is 1. The van der Waals surface area contributed by atoms with Crippen molar-refractivity contribution >= 4 is 17.3 Å². The van der Waals surface area contributed by atoms with Gasteiger partial charge in [-0.1, -0.05) is 18.6 Å². The second-order valence-electron chi connectivity index (χ2n) is 6.64. The van der Waals surface area contributed by atoms with Gasteiger partial charge in [-0.3, -0.25) is 4.79 Å². The number of anilines is 2. The molecule has 1 aromatic heterocycles. The summed E-state index contributed by atoms with van der Waals surface area (Å²) in [5.41, 5.74) is 7.42. The number of amides is 1. The van der Waals surface area contributed by atoms with Crippen molar-refractivity contribution in [3.63, 3.8) is 0 Å². The molecule has 1 amide bonds. The Morgan fingerprint density at radius 2 is 1.96 bits per heavy atom. The quantitative estimate of drug-likeness (QED) is 0.694. The zero-order valence-corrected chi connectivity index (χ0v) is 14.8. The maximum absolute atomic E-state index is 14.5. The number of aryl methyl sites for hydroxylation is 1. The van der Waals surface area contributed by atoms with Gasteiger partial charge in [-0.2, -0.15) is 0 Å². The van der Waals surface area contributed by atoms with Crippen molar-refractivity contribution in [3.8, 4) is 11.4 Å². The van der Waals surface area contributed by atoms with Gasteiger partial charge in [0.05, 0.1) is 11.1 Å². The Hall–Kier alpha value is -3.22. The van der Waals surface area contributed by atoms with E-state index in [2.05, 4.69) is 15.5 Å². The maximum Gasteiger partial charge on any atom is 0.257 e. The summed E-state index contributed by atoms with van der Waals surface area (Å²) in [6, 6.07) is 11.3. The topological polar surface area (TPSA) is 85.8 Å². The van der Waals surface area contributed by atoms with Crippen LogP contribution < -0.4 is 11.1 Å². The van der Waals surface area contributed by atoms with Gasteiger partial charge in [0.25, 0.3) is 5.91 Å². The van der Waals surface area contributed by atoms with Crippen LogP contribution in [-0.4, -0.2) is 20.7 Å². The van der Waals surface area contributed by atoms with Gasteiger partial charge in [-0.15, -0.1) is 10.2 Å². The minimum Gasteiger partial charge on any atom is -0.398 e. The summed E-state index contributed by atoms with van der Waals surface area (Å²) in [6.07, 6.45) is 4.05. The van der Waals surface area contributed by atoms with Crippen LogP contribution in [0.3, 0.4) is 0 Å². The fourth-order valence-corrected chi connectivity index (χ4v) is 3.36. The molecule has 6 nitrogen and oxygen atoms in total. The van der Waals surface area contributed by atoms with Crippen LogP contribution in [0, 0.1) is 5.82 Å². The van der Waals surface area contributed by atoms with E-state index < -0.39 is 5.82 Å². The Bertz CT molecular complexity index is 998. The van der Waals surface area contributed by atoms with E-state index >= 15 is 0 Å². The highest BCUT2D eigenvalue weighted by Crippen LogP contribution is 2.28. The molecular weight excluding hydrogens is 345 g/mol. The Morgan fingerprint density at radius 3 is 2.81 bits per heavy atom. The summed E-state index contributed by atoms with van der Waals surface area (Å²) >= 11 is 0. The van der Waals surface area contributed by atoms with Crippen LogP contribution in [-0.2, 0) is 13.0 Å². The lowest BCUT2D eigenvalue weighted by Gasteiger charge is -2.11. The van der Waals surface area contributed by atoms with Crippen molar-refractivity contribution in [2.75, 3.05) is 11.1 Å². The van der Waals surface area contributed by atoms with Gasteiger partial charge in [-0.05, 0) is 43.2 Å². The largest absolute Gasteiger partial charge is 0.398 e. The minimum atomic E-state index is -0.397. The van der Waals surface area contributed by atoms with Crippen LogP contribution in [0.2, 0.25) is 0 Å². The molecule has 0 unspecified atom stereocenters. The lowest BCUT2D eigenvalue weighted by Crippen LogP contribution is -2.14. The molecule has 0 spiro atoms. The number of benzene rings is 2. The molecule has 3 N–H and O–H groups in total. The van der Waals surface area contributed by atoms with Crippen molar-refractivity contribution in [2.45, 2.75) is 32.2 Å². The van der Waals surface area contributed by atoms with Gasteiger partial charge in [-0.25, -0.2) is 4.39 Å². The third-order valence-corrected chi connectivity index (χ3v) is 4.78. The summed E-state index contributed by atoms with van der Waals surface area (Å²) in [5, 5.41) is 11.2. The van der Waals surface area contributed by atoms with Crippen LogP contribution in [0.25, 0.3) is 11.4 Å². The van der Waals surface area contributed by atoms with Gasteiger partial charge in [0.2, 0.25) is 0 Å². The monoisotopic (exact) mass is 365 g/mol. The van der Waals surface area contributed by atoms with Crippen molar-refractivity contribution in [2.24, 2.45) is 0 Å². The van der Waals surface area contributed by atoms with Gasteiger partial charge in [0.1, 0.15) is 11.6 Å². The molecule has 0 fully saturated rings. The summed E-state index contributed by atoms with van der Waals surface area (Å²) < 4.78 is 16.5. The number of rotatable bonds is 3. The second-order valence-corrected chi connectivity index (χ2v) is 6.64. The zero-order chi connectivity index (χ0) is 18.8. The number of aromatic nitrogens is 3. The smallest absolute Gasteiger partial charge is 0.257 e. The van der Waals surface area contributed by atoms with E-state index in [0.29, 0.717) is 28.3 Å². The number of carbonyl (C=O) groups excluding carboxylic acids is 1. The van der Waals surface area contributed by atoms with Crippen molar-refractivity contribution < 1.29 is 9.18 Å². The number of nitrogens with zero attached hydrogens (tertiary/aromatic N) is 3. The summed E-state index contributed by atoms with van der Waals surface area (Å²) in [4.78, 5) is 12.5. The molecule has 4 rings (SSSR count). The summed E-state index contributed by atoms with van der Waals surface area (Å²) in [5.74, 6) is 0.644. The fraction of sp³-hybridized carbons (Fsp3) is 0.250. The number of nitrogen functional groups attached to an aromatic ring is 1. The predicted molar refractivity (Wildman–Crippen MR) is 102 cm³/mol. The van der Waals surface area contributed by atoms with Crippen LogP contribution in [0.5, 0.6) is 0 Å². The molecule has 138 valence electrons. The molecule has 0 atom stereocenters. The van der Waals surface area contributed by atoms with Crippen LogP contribution in [0.1, 0.15) is 35.4 Å². The van der Waals surface area contributed by atoms with Gasteiger partial charge >= 0.3 is 0 Å². The predicted octanol–water partition coefficient (Wildman–Crippen LogP) is 3.65. The normalized spacial score (nSPS) is 13.7. The standard InChI is InChI=1S/C20H20FN5O/c21-16-10-9-13(23-20(27)14-6-3-4-7-17(14)22)12-15(16)19-25-24-18-8-2-1-5-11-26(18)19/h3-4,6-7,9-10,12H,1-2,5,8,11,22H2,(H,23,27). The number of halogens is 1. The molecular formula is C20H20FN5O. The molecule has 0 saturated carbocycles. The molecule has 0 radical (unpaired) electrons. The first kappa shape index (κ1) is 17.2. The van der Waals surface area contributed by atoms with Gasteiger partial charge < -0.3 is 15.6 Å². The van der Waals surface area contributed by atoms with Gasteiger partial charge in [0, 0.05) is 24.3 Å². The molecule has 0 bridgehead atoms. The molecule has 27 heavy (non-hydrogen) atoms. The number of para-hydroxylation sites is 1. The number of hydrogen-bond acceptors (Lipinski definition) is 4. The first-order valence-electron chi connectivity index (χ1n) is 9.01. The average Bonchev–Trinajstić information content (AvgIpc) is 2.91. The highest BCUT2D eigenvalue weighted by molar-refractivity contribution is 6.07.